The maximum atomic E-state index is 12.9. The fourth-order valence-corrected chi connectivity index (χ4v) is 6.49. The van der Waals surface area contributed by atoms with Gasteiger partial charge in [-0.25, -0.2) is 4.57 Å². The second-order valence-electron chi connectivity index (χ2n) is 6.16. The van der Waals surface area contributed by atoms with Crippen molar-refractivity contribution in [3.63, 3.8) is 0 Å². The predicted octanol–water partition coefficient (Wildman–Crippen LogP) is 3.67. The monoisotopic (exact) mass is 400 g/mol. The SMILES string of the molecule is CCOP(=O)(OCC)OC1=C2CCC[C@@H]2C(C#N)[C@H](C#N)[C@@H]1S(=O)CC. The number of allylic oxidation sites excluding steroid dienone is 1. The van der Waals surface area contributed by atoms with Gasteiger partial charge in [-0.2, -0.15) is 10.5 Å². The van der Waals surface area contributed by atoms with Crippen LogP contribution < -0.4 is 0 Å². The van der Waals surface area contributed by atoms with Crippen molar-refractivity contribution in [1.29, 1.82) is 10.5 Å². The molecule has 2 unspecified atom stereocenters. The highest BCUT2D eigenvalue weighted by Crippen LogP contribution is 2.57. The van der Waals surface area contributed by atoms with Crippen LogP contribution in [0.5, 0.6) is 0 Å². The van der Waals surface area contributed by atoms with Gasteiger partial charge in [0.05, 0.1) is 37.2 Å². The highest BCUT2D eigenvalue weighted by molar-refractivity contribution is 7.85. The number of rotatable bonds is 8. The molecule has 0 radical (unpaired) electrons. The Hall–Kier alpha value is -1.18. The fraction of sp³-hybridized carbons (Fsp3) is 0.765. The number of hydrogen-bond acceptors (Lipinski definition) is 7. The summed E-state index contributed by atoms with van der Waals surface area (Å²) in [5.41, 5.74) is 0.842. The average molecular weight is 400 g/mol. The Bertz CT molecular complexity index is 701. The van der Waals surface area contributed by atoms with Crippen LogP contribution in [0, 0.1) is 40.4 Å². The summed E-state index contributed by atoms with van der Waals surface area (Å²) in [4.78, 5) is 0. The Kier molecular flexibility index (Phi) is 7.43. The van der Waals surface area contributed by atoms with Gasteiger partial charge in [-0.15, -0.1) is 0 Å². The van der Waals surface area contributed by atoms with Crippen molar-refractivity contribution in [2.75, 3.05) is 19.0 Å². The van der Waals surface area contributed by atoms with E-state index in [0.29, 0.717) is 12.2 Å². The van der Waals surface area contributed by atoms with E-state index in [2.05, 4.69) is 12.1 Å². The molecule has 0 aromatic carbocycles. The molecular formula is C17H25N2O5PS. The van der Waals surface area contributed by atoms with Gasteiger partial charge in [0, 0.05) is 22.5 Å². The van der Waals surface area contributed by atoms with Crippen LogP contribution in [0.3, 0.4) is 0 Å². The van der Waals surface area contributed by atoms with E-state index >= 15 is 0 Å². The number of nitrogens with zero attached hydrogens (tertiary/aromatic N) is 2. The van der Waals surface area contributed by atoms with Gasteiger partial charge in [0.2, 0.25) is 0 Å². The first-order valence-electron chi connectivity index (χ1n) is 8.94. The van der Waals surface area contributed by atoms with Crippen molar-refractivity contribution in [3.05, 3.63) is 11.3 Å². The molecule has 0 aromatic heterocycles. The van der Waals surface area contributed by atoms with Crippen LogP contribution >= 0.6 is 7.82 Å². The van der Waals surface area contributed by atoms with Crippen molar-refractivity contribution in [2.45, 2.75) is 45.3 Å². The first-order valence-corrected chi connectivity index (χ1v) is 11.8. The molecule has 2 aliphatic rings. The molecular weight excluding hydrogens is 375 g/mol. The molecule has 0 amide bonds. The molecule has 0 N–H and O–H groups in total. The van der Waals surface area contributed by atoms with Crippen molar-refractivity contribution in [3.8, 4) is 12.1 Å². The van der Waals surface area contributed by atoms with Gasteiger partial charge < -0.3 is 4.52 Å². The first kappa shape index (κ1) is 21.1. The molecule has 5 atom stereocenters. The third kappa shape index (κ3) is 4.05. The molecule has 0 bridgehead atoms. The first-order chi connectivity index (χ1) is 12.5. The summed E-state index contributed by atoms with van der Waals surface area (Å²) in [7, 11) is -5.31. The molecule has 2 aliphatic carbocycles. The number of phosphoric ester groups is 1. The van der Waals surface area contributed by atoms with Gasteiger partial charge in [-0.3, -0.25) is 13.3 Å². The number of phosphoric acid groups is 1. The van der Waals surface area contributed by atoms with Gasteiger partial charge in [0.15, 0.2) is 0 Å². The number of fused-ring (bicyclic) bond motifs is 1. The molecule has 7 nitrogen and oxygen atoms in total. The Balaban J connectivity index is 2.56. The van der Waals surface area contributed by atoms with Crippen LogP contribution in [0.4, 0.5) is 0 Å². The van der Waals surface area contributed by atoms with E-state index in [1.165, 1.54) is 0 Å². The highest BCUT2D eigenvalue weighted by Gasteiger charge is 2.51. The zero-order valence-corrected chi connectivity index (χ0v) is 17.1. The van der Waals surface area contributed by atoms with Gasteiger partial charge >= 0.3 is 7.82 Å². The Morgan fingerprint density at radius 1 is 1.15 bits per heavy atom. The lowest BCUT2D eigenvalue weighted by Gasteiger charge is -2.37. The maximum Gasteiger partial charge on any atom is 0.529 e. The van der Waals surface area contributed by atoms with Crippen LogP contribution in [-0.4, -0.2) is 28.4 Å². The molecule has 0 spiro atoms. The van der Waals surface area contributed by atoms with E-state index < -0.39 is 35.7 Å². The average Bonchev–Trinajstić information content (AvgIpc) is 3.10. The lowest BCUT2D eigenvalue weighted by Crippen LogP contribution is -2.41. The Labute approximate surface area is 157 Å². The summed E-state index contributed by atoms with van der Waals surface area (Å²) in [6.07, 6.45) is 2.28. The van der Waals surface area contributed by atoms with Crippen LogP contribution in [0.2, 0.25) is 0 Å². The van der Waals surface area contributed by atoms with Crippen molar-refractivity contribution in [1.82, 2.24) is 0 Å². The van der Waals surface area contributed by atoms with E-state index in [1.807, 2.05) is 0 Å². The van der Waals surface area contributed by atoms with E-state index in [1.54, 1.807) is 20.8 Å². The predicted molar refractivity (Wildman–Crippen MR) is 97.0 cm³/mol. The minimum Gasteiger partial charge on any atom is -0.407 e. The summed E-state index contributed by atoms with van der Waals surface area (Å²) in [6.45, 7) is 5.37. The fourth-order valence-electron chi connectivity index (χ4n) is 3.78. The summed E-state index contributed by atoms with van der Waals surface area (Å²) >= 11 is 0. The van der Waals surface area contributed by atoms with Crippen LogP contribution in [0.15, 0.2) is 11.3 Å². The second kappa shape index (κ2) is 9.15. The van der Waals surface area contributed by atoms with Gasteiger partial charge in [-0.1, -0.05) is 6.92 Å². The highest BCUT2D eigenvalue weighted by atomic mass is 32.2. The smallest absolute Gasteiger partial charge is 0.407 e. The third-order valence-corrected chi connectivity index (χ3v) is 7.99. The molecule has 2 rings (SSSR count). The molecule has 1 fully saturated rings. The summed E-state index contributed by atoms with van der Waals surface area (Å²) in [5, 5.41) is 18.5. The van der Waals surface area contributed by atoms with E-state index in [9.17, 15) is 19.3 Å². The molecule has 0 aromatic rings. The topological polar surface area (TPSA) is 109 Å². The van der Waals surface area contributed by atoms with Crippen LogP contribution in [0.1, 0.15) is 40.0 Å². The summed E-state index contributed by atoms with van der Waals surface area (Å²) < 4.78 is 41.9. The minimum atomic E-state index is -3.87. The van der Waals surface area contributed by atoms with Gasteiger partial charge in [-0.05, 0) is 38.7 Å². The second-order valence-corrected chi connectivity index (χ2v) is 9.60. The van der Waals surface area contributed by atoms with Crippen molar-refractivity contribution < 1.29 is 22.3 Å². The summed E-state index contributed by atoms with van der Waals surface area (Å²) in [5.74, 6) is -0.861. The Morgan fingerprint density at radius 2 is 1.77 bits per heavy atom. The van der Waals surface area contributed by atoms with Crippen molar-refractivity contribution >= 4 is 18.6 Å². The Morgan fingerprint density at radius 3 is 2.27 bits per heavy atom. The van der Waals surface area contributed by atoms with Gasteiger partial charge in [0.25, 0.3) is 0 Å². The number of hydrogen-bond donors (Lipinski definition) is 0. The normalized spacial score (nSPS) is 29.6. The molecule has 144 valence electrons. The van der Waals surface area contributed by atoms with Crippen LogP contribution in [0.25, 0.3) is 0 Å². The van der Waals surface area contributed by atoms with Crippen molar-refractivity contribution in [2.24, 2.45) is 17.8 Å². The standard InChI is InChI=1S/C17H25N2O5PS/c1-4-22-25(20,23-5-2)24-16-13-9-7-8-12(13)14(10-18)15(11-19)17(16)26(21)6-3/h12,14-15,17H,4-9H2,1-3H3/t12-,14?,15-,17-,26?/m0/s1. The molecule has 26 heavy (non-hydrogen) atoms. The van der Waals surface area contributed by atoms with E-state index in [0.717, 1.165) is 18.4 Å². The zero-order valence-electron chi connectivity index (χ0n) is 15.3. The molecule has 1 saturated carbocycles. The summed E-state index contributed by atoms with van der Waals surface area (Å²) in [6, 6.07) is 4.40. The zero-order chi connectivity index (χ0) is 19.3. The quantitative estimate of drug-likeness (QED) is 0.572. The van der Waals surface area contributed by atoms with E-state index in [-0.39, 0.29) is 24.9 Å². The lowest BCUT2D eigenvalue weighted by molar-refractivity contribution is 0.135. The maximum absolute atomic E-state index is 12.9. The third-order valence-electron chi connectivity index (χ3n) is 4.78. The van der Waals surface area contributed by atoms with Crippen LogP contribution in [-0.2, 0) is 28.9 Å². The molecule has 0 saturated heterocycles. The minimum absolute atomic E-state index is 0.132. The molecule has 0 aliphatic heterocycles. The number of nitriles is 2. The largest absolute Gasteiger partial charge is 0.529 e. The van der Waals surface area contributed by atoms with E-state index in [4.69, 9.17) is 13.6 Å². The molecule has 9 heteroatoms. The lowest BCUT2D eigenvalue weighted by atomic mass is 9.73. The van der Waals surface area contributed by atoms with Gasteiger partial charge in [0.1, 0.15) is 11.0 Å². The molecule has 0 heterocycles.